The molecular formula is C20H25N7. The Morgan fingerprint density at radius 1 is 1.19 bits per heavy atom. The van der Waals surface area contributed by atoms with Crippen LogP contribution in [-0.2, 0) is 13.6 Å². The van der Waals surface area contributed by atoms with E-state index in [1.165, 1.54) is 18.5 Å². The van der Waals surface area contributed by atoms with Crippen molar-refractivity contribution in [2.75, 3.05) is 11.9 Å². The van der Waals surface area contributed by atoms with Crippen molar-refractivity contribution < 1.29 is 0 Å². The quantitative estimate of drug-likeness (QED) is 0.749. The normalized spacial score (nSPS) is 17.8. The van der Waals surface area contributed by atoms with Gasteiger partial charge in [-0.2, -0.15) is 0 Å². The minimum absolute atomic E-state index is 0.291. The van der Waals surface area contributed by atoms with Gasteiger partial charge in [-0.15, -0.1) is 0 Å². The number of nitrogens with zero attached hydrogens (tertiary/aromatic N) is 6. The minimum Gasteiger partial charge on any atom is -0.337 e. The Morgan fingerprint density at radius 2 is 2.11 bits per heavy atom. The van der Waals surface area contributed by atoms with E-state index in [2.05, 4.69) is 35.8 Å². The summed E-state index contributed by atoms with van der Waals surface area (Å²) in [4.78, 5) is 20.4. The molecule has 4 heterocycles. The summed E-state index contributed by atoms with van der Waals surface area (Å²) >= 11 is 0. The second kappa shape index (κ2) is 7.84. The van der Waals surface area contributed by atoms with Gasteiger partial charge in [0.2, 0.25) is 0 Å². The molecule has 0 bridgehead atoms. The highest BCUT2D eigenvalue weighted by Gasteiger charge is 2.26. The lowest BCUT2D eigenvalue weighted by Gasteiger charge is -2.35. The van der Waals surface area contributed by atoms with Crippen LogP contribution in [0.4, 0.5) is 11.6 Å². The number of anilines is 2. The van der Waals surface area contributed by atoms with E-state index in [1.54, 1.807) is 6.20 Å². The van der Waals surface area contributed by atoms with Gasteiger partial charge in [0, 0.05) is 32.1 Å². The molecule has 0 aliphatic carbocycles. The Balaban J connectivity index is 1.59. The molecule has 1 aliphatic rings. The van der Waals surface area contributed by atoms with Crippen LogP contribution in [0.15, 0.2) is 43.0 Å². The molecule has 0 amide bonds. The van der Waals surface area contributed by atoms with Crippen molar-refractivity contribution in [3.8, 4) is 0 Å². The standard InChI is InChI=1S/C20H25N7/c1-15-23-17(11-20(24-15)25-19-8-3-5-9-22-19)18-7-4-6-10-27(18)13-16-12-21-14-26(16)2/h3,5,8-9,11-12,14,18H,4,6-7,10,13H2,1-2H3,(H,22,23,24,25). The van der Waals surface area contributed by atoms with Crippen LogP contribution in [0.5, 0.6) is 0 Å². The first-order chi connectivity index (χ1) is 13.2. The van der Waals surface area contributed by atoms with Gasteiger partial charge in [0.05, 0.1) is 23.8 Å². The first kappa shape index (κ1) is 17.6. The highest BCUT2D eigenvalue weighted by atomic mass is 15.2. The second-order valence-electron chi connectivity index (χ2n) is 7.04. The van der Waals surface area contributed by atoms with Crippen LogP contribution >= 0.6 is 0 Å². The number of aryl methyl sites for hydroxylation is 2. The summed E-state index contributed by atoms with van der Waals surface area (Å²) in [6, 6.07) is 8.15. The van der Waals surface area contributed by atoms with Crippen LogP contribution in [0, 0.1) is 6.92 Å². The summed E-state index contributed by atoms with van der Waals surface area (Å²) in [6.45, 7) is 3.90. The number of imidazole rings is 1. The molecule has 1 unspecified atom stereocenters. The maximum atomic E-state index is 4.77. The summed E-state index contributed by atoms with van der Waals surface area (Å²) in [5, 5.41) is 3.30. The number of hydrogen-bond acceptors (Lipinski definition) is 6. The number of nitrogens with one attached hydrogen (secondary N) is 1. The fourth-order valence-electron chi connectivity index (χ4n) is 3.65. The van der Waals surface area contributed by atoms with E-state index < -0.39 is 0 Å². The molecule has 140 valence electrons. The van der Waals surface area contributed by atoms with Gasteiger partial charge in [0.25, 0.3) is 0 Å². The third kappa shape index (κ3) is 4.14. The van der Waals surface area contributed by atoms with Crippen LogP contribution < -0.4 is 5.32 Å². The van der Waals surface area contributed by atoms with Crippen molar-refractivity contribution in [2.45, 2.75) is 38.8 Å². The average molecular weight is 363 g/mol. The number of hydrogen-bond donors (Lipinski definition) is 1. The molecule has 7 nitrogen and oxygen atoms in total. The monoisotopic (exact) mass is 363 g/mol. The number of rotatable bonds is 5. The topological polar surface area (TPSA) is 71.8 Å². The predicted octanol–water partition coefficient (Wildman–Crippen LogP) is 3.38. The van der Waals surface area contributed by atoms with Crippen molar-refractivity contribution in [3.05, 3.63) is 60.2 Å². The second-order valence-corrected chi connectivity index (χ2v) is 7.04. The third-order valence-electron chi connectivity index (χ3n) is 5.02. The molecule has 1 atom stereocenters. The SMILES string of the molecule is Cc1nc(Nc2ccccn2)cc(C2CCCCN2Cc2cncn2C)n1. The first-order valence-electron chi connectivity index (χ1n) is 9.42. The zero-order chi connectivity index (χ0) is 18.6. The number of likely N-dealkylation sites (tertiary alicyclic amines) is 1. The zero-order valence-corrected chi connectivity index (χ0v) is 15.8. The van der Waals surface area contributed by atoms with Crippen LogP contribution in [0.1, 0.15) is 42.5 Å². The summed E-state index contributed by atoms with van der Waals surface area (Å²) in [7, 11) is 2.05. The molecule has 0 aromatic carbocycles. The van der Waals surface area contributed by atoms with Gasteiger partial charge >= 0.3 is 0 Å². The Hall–Kier alpha value is -2.80. The van der Waals surface area contributed by atoms with Crippen molar-refractivity contribution in [2.24, 2.45) is 7.05 Å². The highest BCUT2D eigenvalue weighted by Crippen LogP contribution is 2.32. The summed E-state index contributed by atoms with van der Waals surface area (Å²) in [6.07, 6.45) is 9.13. The first-order valence-corrected chi connectivity index (χ1v) is 9.42. The molecule has 1 fully saturated rings. The summed E-state index contributed by atoms with van der Waals surface area (Å²) in [5.74, 6) is 2.36. The highest BCUT2D eigenvalue weighted by molar-refractivity contribution is 5.51. The molecule has 1 aliphatic heterocycles. The molecule has 0 radical (unpaired) electrons. The molecule has 1 saturated heterocycles. The van der Waals surface area contributed by atoms with Gasteiger partial charge in [-0.25, -0.2) is 19.9 Å². The molecule has 0 saturated carbocycles. The summed E-state index contributed by atoms with van der Waals surface area (Å²) in [5.41, 5.74) is 2.29. The molecule has 1 N–H and O–H groups in total. The van der Waals surface area contributed by atoms with Crippen molar-refractivity contribution in [1.29, 1.82) is 0 Å². The maximum Gasteiger partial charge on any atom is 0.135 e. The van der Waals surface area contributed by atoms with Gasteiger partial charge in [0.15, 0.2) is 0 Å². The fraction of sp³-hybridized carbons (Fsp3) is 0.400. The largest absolute Gasteiger partial charge is 0.337 e. The van der Waals surface area contributed by atoms with E-state index in [9.17, 15) is 0 Å². The van der Waals surface area contributed by atoms with Crippen LogP contribution in [0.3, 0.4) is 0 Å². The molecule has 0 spiro atoms. The predicted molar refractivity (Wildman–Crippen MR) is 104 cm³/mol. The molecular weight excluding hydrogens is 338 g/mol. The molecule has 27 heavy (non-hydrogen) atoms. The fourth-order valence-corrected chi connectivity index (χ4v) is 3.65. The number of piperidine rings is 1. The van der Waals surface area contributed by atoms with E-state index in [1.807, 2.05) is 44.7 Å². The van der Waals surface area contributed by atoms with E-state index in [0.29, 0.717) is 6.04 Å². The van der Waals surface area contributed by atoms with Crippen molar-refractivity contribution >= 4 is 11.6 Å². The van der Waals surface area contributed by atoms with Gasteiger partial charge in [-0.1, -0.05) is 12.5 Å². The van der Waals surface area contributed by atoms with Crippen molar-refractivity contribution in [3.63, 3.8) is 0 Å². The van der Waals surface area contributed by atoms with Crippen LogP contribution in [0.25, 0.3) is 0 Å². The zero-order valence-electron chi connectivity index (χ0n) is 15.8. The molecule has 3 aromatic rings. The lowest BCUT2D eigenvalue weighted by Crippen LogP contribution is -2.34. The third-order valence-corrected chi connectivity index (χ3v) is 5.02. The Morgan fingerprint density at radius 3 is 2.89 bits per heavy atom. The average Bonchev–Trinajstić information content (AvgIpc) is 3.07. The van der Waals surface area contributed by atoms with Gasteiger partial charge in [0.1, 0.15) is 17.5 Å². The van der Waals surface area contributed by atoms with Gasteiger partial charge in [-0.05, 0) is 38.4 Å². The van der Waals surface area contributed by atoms with E-state index in [-0.39, 0.29) is 0 Å². The van der Waals surface area contributed by atoms with Crippen LogP contribution in [-0.4, -0.2) is 35.9 Å². The van der Waals surface area contributed by atoms with E-state index in [0.717, 1.165) is 42.7 Å². The lowest BCUT2D eigenvalue weighted by molar-refractivity contribution is 0.134. The van der Waals surface area contributed by atoms with E-state index >= 15 is 0 Å². The van der Waals surface area contributed by atoms with Crippen molar-refractivity contribution in [1.82, 2.24) is 29.4 Å². The van der Waals surface area contributed by atoms with Gasteiger partial charge < -0.3 is 9.88 Å². The minimum atomic E-state index is 0.291. The number of aromatic nitrogens is 5. The Kier molecular flexibility index (Phi) is 5.11. The van der Waals surface area contributed by atoms with Crippen LogP contribution in [0.2, 0.25) is 0 Å². The summed E-state index contributed by atoms with van der Waals surface area (Å²) < 4.78 is 2.09. The maximum absolute atomic E-state index is 4.77. The molecule has 7 heteroatoms. The Labute approximate surface area is 159 Å². The molecule has 4 rings (SSSR count). The Bertz CT molecular complexity index is 890. The van der Waals surface area contributed by atoms with Gasteiger partial charge in [-0.3, -0.25) is 4.90 Å². The lowest BCUT2D eigenvalue weighted by atomic mass is 9.98. The molecule has 3 aromatic heterocycles. The van der Waals surface area contributed by atoms with E-state index in [4.69, 9.17) is 4.98 Å². The smallest absolute Gasteiger partial charge is 0.135 e. The number of pyridine rings is 1.